The number of hydrogen-bond donors (Lipinski definition) is 2. The number of aromatic nitrogens is 1. The standard InChI is InChI=1S/C15H17N3O/c1-2-7-18(11-4-5-11)15(19)13-9-17-14-8-10(16)3-6-12(13)14/h2-3,6,8-9,11,17H,1,4-5,7,16H2. The highest BCUT2D eigenvalue weighted by Gasteiger charge is 2.33. The first kappa shape index (κ1) is 11.8. The van der Waals surface area contributed by atoms with E-state index in [0.29, 0.717) is 23.8 Å². The summed E-state index contributed by atoms with van der Waals surface area (Å²) in [6, 6.07) is 5.94. The Labute approximate surface area is 111 Å². The Morgan fingerprint density at radius 1 is 1.53 bits per heavy atom. The number of nitrogen functional groups attached to an aromatic ring is 1. The van der Waals surface area contributed by atoms with Gasteiger partial charge in [0.2, 0.25) is 0 Å². The van der Waals surface area contributed by atoms with Crippen LogP contribution >= 0.6 is 0 Å². The van der Waals surface area contributed by atoms with Crippen LogP contribution in [0.4, 0.5) is 5.69 Å². The number of benzene rings is 1. The molecule has 3 rings (SSSR count). The first-order valence-corrected chi connectivity index (χ1v) is 6.49. The minimum atomic E-state index is 0.0680. The predicted octanol–water partition coefficient (Wildman–Crippen LogP) is 2.54. The average Bonchev–Trinajstić information content (AvgIpc) is 3.15. The summed E-state index contributed by atoms with van der Waals surface area (Å²) < 4.78 is 0. The van der Waals surface area contributed by atoms with Crippen molar-refractivity contribution in [2.75, 3.05) is 12.3 Å². The Balaban J connectivity index is 1.98. The van der Waals surface area contributed by atoms with Crippen LogP contribution in [0.25, 0.3) is 10.9 Å². The molecule has 1 aromatic heterocycles. The number of anilines is 1. The number of nitrogens with zero attached hydrogens (tertiary/aromatic N) is 1. The maximum atomic E-state index is 12.6. The van der Waals surface area contributed by atoms with Gasteiger partial charge in [0.15, 0.2) is 0 Å². The highest BCUT2D eigenvalue weighted by Crippen LogP contribution is 2.30. The fourth-order valence-corrected chi connectivity index (χ4v) is 2.40. The summed E-state index contributed by atoms with van der Waals surface area (Å²) in [6.07, 6.45) is 5.73. The molecule has 4 heteroatoms. The molecule has 4 nitrogen and oxygen atoms in total. The number of hydrogen-bond acceptors (Lipinski definition) is 2. The first-order valence-electron chi connectivity index (χ1n) is 6.49. The van der Waals surface area contributed by atoms with Gasteiger partial charge >= 0.3 is 0 Å². The quantitative estimate of drug-likeness (QED) is 0.651. The van der Waals surface area contributed by atoms with Gasteiger partial charge in [-0.15, -0.1) is 6.58 Å². The highest BCUT2D eigenvalue weighted by atomic mass is 16.2. The Morgan fingerprint density at radius 3 is 3.00 bits per heavy atom. The van der Waals surface area contributed by atoms with Gasteiger partial charge in [0.05, 0.1) is 5.56 Å². The number of nitrogens with one attached hydrogen (secondary N) is 1. The van der Waals surface area contributed by atoms with Gasteiger partial charge in [-0.3, -0.25) is 4.79 Å². The third-order valence-electron chi connectivity index (χ3n) is 3.51. The van der Waals surface area contributed by atoms with Gasteiger partial charge in [-0.1, -0.05) is 6.08 Å². The van der Waals surface area contributed by atoms with Gasteiger partial charge in [0, 0.05) is 35.4 Å². The lowest BCUT2D eigenvalue weighted by Crippen LogP contribution is -2.33. The van der Waals surface area contributed by atoms with Crippen molar-refractivity contribution in [3.05, 3.63) is 42.6 Å². The van der Waals surface area contributed by atoms with Crippen molar-refractivity contribution >= 4 is 22.5 Å². The number of nitrogens with two attached hydrogens (primary N) is 1. The molecule has 0 spiro atoms. The topological polar surface area (TPSA) is 62.1 Å². The third kappa shape index (κ3) is 2.10. The van der Waals surface area contributed by atoms with Gasteiger partial charge in [-0.25, -0.2) is 0 Å². The summed E-state index contributed by atoms with van der Waals surface area (Å²) >= 11 is 0. The number of H-pyrrole nitrogens is 1. The second-order valence-electron chi connectivity index (χ2n) is 4.98. The van der Waals surface area contributed by atoms with Crippen molar-refractivity contribution in [3.8, 4) is 0 Å². The average molecular weight is 255 g/mol. The van der Waals surface area contributed by atoms with Gasteiger partial charge in [-0.05, 0) is 31.0 Å². The minimum Gasteiger partial charge on any atom is -0.399 e. The lowest BCUT2D eigenvalue weighted by molar-refractivity contribution is 0.0764. The van der Waals surface area contributed by atoms with Crippen LogP contribution in [0.1, 0.15) is 23.2 Å². The SMILES string of the molecule is C=CCN(C(=O)c1c[nH]c2cc(N)ccc12)C1CC1. The normalized spacial score (nSPS) is 14.5. The summed E-state index contributed by atoms with van der Waals surface area (Å²) in [6.45, 7) is 4.33. The summed E-state index contributed by atoms with van der Waals surface area (Å²) in [4.78, 5) is 17.6. The largest absolute Gasteiger partial charge is 0.399 e. The molecule has 2 aromatic rings. The Bertz CT molecular complexity index is 640. The van der Waals surface area contributed by atoms with E-state index in [4.69, 9.17) is 5.73 Å². The fraction of sp³-hybridized carbons (Fsp3) is 0.267. The lowest BCUT2D eigenvalue weighted by atomic mass is 10.1. The maximum absolute atomic E-state index is 12.6. The number of carbonyl (C=O) groups excluding carboxylic acids is 1. The van der Waals surface area contributed by atoms with E-state index in [9.17, 15) is 4.79 Å². The van der Waals surface area contributed by atoms with Crippen LogP contribution in [-0.4, -0.2) is 28.4 Å². The summed E-state index contributed by atoms with van der Waals surface area (Å²) in [5.74, 6) is 0.0680. The molecule has 0 atom stereocenters. The second kappa shape index (κ2) is 4.46. The predicted molar refractivity (Wildman–Crippen MR) is 77.0 cm³/mol. The van der Waals surface area contributed by atoms with Crippen LogP contribution in [0, 0.1) is 0 Å². The van der Waals surface area contributed by atoms with Crippen molar-refractivity contribution in [2.24, 2.45) is 0 Å². The zero-order chi connectivity index (χ0) is 13.4. The molecule has 0 radical (unpaired) electrons. The molecule has 1 aliphatic carbocycles. The van der Waals surface area contributed by atoms with E-state index < -0.39 is 0 Å². The summed E-state index contributed by atoms with van der Waals surface area (Å²) in [7, 11) is 0. The van der Waals surface area contributed by atoms with Crippen molar-refractivity contribution < 1.29 is 4.79 Å². The summed E-state index contributed by atoms with van der Waals surface area (Å²) in [5, 5.41) is 0.925. The molecule has 98 valence electrons. The number of amides is 1. The van der Waals surface area contributed by atoms with Crippen LogP contribution in [0.3, 0.4) is 0 Å². The Hall–Kier alpha value is -2.23. The van der Waals surface area contributed by atoms with E-state index in [2.05, 4.69) is 11.6 Å². The zero-order valence-corrected chi connectivity index (χ0v) is 10.7. The Kier molecular flexibility index (Phi) is 2.78. The maximum Gasteiger partial charge on any atom is 0.256 e. The van der Waals surface area contributed by atoms with E-state index in [0.717, 1.165) is 23.7 Å². The Morgan fingerprint density at radius 2 is 2.32 bits per heavy atom. The van der Waals surface area contributed by atoms with Crippen LogP contribution in [0.15, 0.2) is 37.1 Å². The molecule has 1 saturated carbocycles. The van der Waals surface area contributed by atoms with Crippen molar-refractivity contribution in [2.45, 2.75) is 18.9 Å². The molecule has 19 heavy (non-hydrogen) atoms. The monoisotopic (exact) mass is 255 g/mol. The molecule has 0 unspecified atom stereocenters. The fourth-order valence-electron chi connectivity index (χ4n) is 2.40. The molecule has 1 heterocycles. The van der Waals surface area contributed by atoms with Crippen LogP contribution in [0.2, 0.25) is 0 Å². The van der Waals surface area contributed by atoms with E-state index in [-0.39, 0.29) is 5.91 Å². The highest BCUT2D eigenvalue weighted by molar-refractivity contribution is 6.07. The smallest absolute Gasteiger partial charge is 0.256 e. The molecule has 0 aliphatic heterocycles. The van der Waals surface area contributed by atoms with Gasteiger partial charge in [0.1, 0.15) is 0 Å². The molecule has 1 aliphatic rings. The van der Waals surface area contributed by atoms with Crippen molar-refractivity contribution in [1.82, 2.24) is 9.88 Å². The molecule has 0 saturated heterocycles. The van der Waals surface area contributed by atoms with Gasteiger partial charge in [-0.2, -0.15) is 0 Å². The van der Waals surface area contributed by atoms with E-state index in [1.165, 1.54) is 0 Å². The van der Waals surface area contributed by atoms with E-state index >= 15 is 0 Å². The van der Waals surface area contributed by atoms with Crippen LogP contribution < -0.4 is 5.73 Å². The number of aromatic amines is 1. The molecule has 1 aromatic carbocycles. The summed E-state index contributed by atoms with van der Waals surface area (Å²) in [5.41, 5.74) is 8.05. The van der Waals surface area contributed by atoms with Gasteiger partial charge in [0.25, 0.3) is 5.91 Å². The van der Waals surface area contributed by atoms with Crippen LogP contribution in [-0.2, 0) is 0 Å². The minimum absolute atomic E-state index is 0.0680. The number of rotatable bonds is 4. The van der Waals surface area contributed by atoms with Crippen LogP contribution in [0.5, 0.6) is 0 Å². The molecule has 0 bridgehead atoms. The number of fused-ring (bicyclic) bond motifs is 1. The first-order chi connectivity index (χ1) is 9.20. The van der Waals surface area contributed by atoms with Crippen molar-refractivity contribution in [3.63, 3.8) is 0 Å². The molecule has 1 amide bonds. The molecular formula is C15H17N3O. The van der Waals surface area contributed by atoms with E-state index in [1.54, 1.807) is 12.3 Å². The van der Waals surface area contributed by atoms with Crippen molar-refractivity contribution in [1.29, 1.82) is 0 Å². The van der Waals surface area contributed by atoms with Gasteiger partial charge < -0.3 is 15.6 Å². The third-order valence-corrected chi connectivity index (χ3v) is 3.51. The molecule has 1 fully saturated rings. The zero-order valence-electron chi connectivity index (χ0n) is 10.7. The number of carbonyl (C=O) groups is 1. The molecular weight excluding hydrogens is 238 g/mol. The molecule has 3 N–H and O–H groups in total. The lowest BCUT2D eigenvalue weighted by Gasteiger charge is -2.20. The second-order valence-corrected chi connectivity index (χ2v) is 4.98. The van der Waals surface area contributed by atoms with E-state index in [1.807, 2.05) is 23.1 Å².